The molecule has 0 spiro atoms. The highest BCUT2D eigenvalue weighted by Gasteiger charge is 2.44. The van der Waals surface area contributed by atoms with E-state index in [0.29, 0.717) is 0 Å². The number of aromatic nitrogens is 1. The fourth-order valence-corrected chi connectivity index (χ4v) is 4.07. The summed E-state index contributed by atoms with van der Waals surface area (Å²) in [6, 6.07) is 0. The van der Waals surface area contributed by atoms with Gasteiger partial charge in [0.2, 0.25) is 0 Å². The molecule has 1 heterocycles. The number of hydrogen-bond acceptors (Lipinski definition) is 3. The Kier molecular flexibility index (Phi) is 3.83. The van der Waals surface area contributed by atoms with Crippen LogP contribution in [0, 0.1) is 5.41 Å². The average molecular weight is 280 g/mol. The van der Waals surface area contributed by atoms with E-state index in [0.717, 1.165) is 12.8 Å². The van der Waals surface area contributed by atoms with Gasteiger partial charge < -0.3 is 5.73 Å². The first-order valence-corrected chi connectivity index (χ1v) is 8.26. The Balaban J connectivity index is 2.18. The highest BCUT2D eigenvalue weighted by atomic mass is 32.1. The zero-order valence-corrected chi connectivity index (χ0v) is 13.9. The number of nitrogens with two attached hydrogens (primary N) is 1. The summed E-state index contributed by atoms with van der Waals surface area (Å²) in [5.41, 5.74) is 8.23. The molecule has 2 N–H and O–H groups in total. The zero-order valence-electron chi connectivity index (χ0n) is 13.0. The molecule has 0 aliphatic heterocycles. The molecule has 0 aromatic carbocycles. The quantitative estimate of drug-likeness (QED) is 0.878. The molecule has 1 unspecified atom stereocenters. The van der Waals surface area contributed by atoms with Crippen LogP contribution in [0.2, 0.25) is 0 Å². The summed E-state index contributed by atoms with van der Waals surface area (Å²) >= 11 is 1.78. The Bertz CT molecular complexity index is 442. The van der Waals surface area contributed by atoms with Crippen molar-refractivity contribution >= 4 is 11.3 Å². The molecule has 1 aromatic heterocycles. The van der Waals surface area contributed by atoms with E-state index in [9.17, 15) is 0 Å². The maximum absolute atomic E-state index is 6.75. The lowest BCUT2D eigenvalue weighted by atomic mass is 9.62. The van der Waals surface area contributed by atoms with Gasteiger partial charge >= 0.3 is 0 Å². The minimum atomic E-state index is -0.0851. The summed E-state index contributed by atoms with van der Waals surface area (Å²) in [6.07, 6.45) is 5.88. The third-order valence-electron chi connectivity index (χ3n) is 4.81. The predicted octanol–water partition coefficient (Wildman–Crippen LogP) is 4.28. The van der Waals surface area contributed by atoms with Crippen LogP contribution in [0.3, 0.4) is 0 Å². The summed E-state index contributed by atoms with van der Waals surface area (Å²) in [5.74, 6) is 0. The van der Waals surface area contributed by atoms with Crippen molar-refractivity contribution in [2.75, 3.05) is 0 Å². The molecule has 19 heavy (non-hydrogen) atoms. The van der Waals surface area contributed by atoms with Crippen LogP contribution >= 0.6 is 11.3 Å². The van der Waals surface area contributed by atoms with Crippen molar-refractivity contribution in [1.82, 2.24) is 4.98 Å². The van der Waals surface area contributed by atoms with Gasteiger partial charge in [-0.1, -0.05) is 47.5 Å². The second-order valence-corrected chi connectivity index (χ2v) is 8.74. The average Bonchev–Trinajstić information content (AvgIpc) is 2.70. The largest absolute Gasteiger partial charge is 0.324 e. The van der Waals surface area contributed by atoms with Crippen LogP contribution in [-0.2, 0) is 11.8 Å². The number of hydrogen-bond donors (Lipinski definition) is 1. The normalized spacial score (nSPS) is 27.5. The van der Waals surface area contributed by atoms with E-state index in [1.54, 1.807) is 11.3 Å². The minimum absolute atomic E-state index is 0.0851. The van der Waals surface area contributed by atoms with Gasteiger partial charge in [-0.15, -0.1) is 11.3 Å². The van der Waals surface area contributed by atoms with Crippen molar-refractivity contribution in [2.24, 2.45) is 11.1 Å². The fraction of sp³-hybridized carbons (Fsp3) is 0.812. The van der Waals surface area contributed by atoms with Crippen molar-refractivity contribution in [3.63, 3.8) is 0 Å². The third-order valence-corrected chi connectivity index (χ3v) is 5.66. The molecule has 0 bridgehead atoms. The topological polar surface area (TPSA) is 38.9 Å². The van der Waals surface area contributed by atoms with Gasteiger partial charge in [0.15, 0.2) is 0 Å². The third kappa shape index (κ3) is 3.03. The zero-order chi connectivity index (χ0) is 14.3. The predicted molar refractivity (Wildman–Crippen MR) is 83.7 cm³/mol. The van der Waals surface area contributed by atoms with Gasteiger partial charge in [0.1, 0.15) is 0 Å². The molecule has 0 saturated heterocycles. The van der Waals surface area contributed by atoms with Crippen LogP contribution < -0.4 is 5.73 Å². The van der Waals surface area contributed by atoms with Gasteiger partial charge in [0.25, 0.3) is 0 Å². The number of thiazole rings is 1. The van der Waals surface area contributed by atoms with Crippen LogP contribution in [0.15, 0.2) is 5.38 Å². The molecular weight excluding hydrogens is 252 g/mol. The summed E-state index contributed by atoms with van der Waals surface area (Å²) in [5, 5.41) is 3.41. The molecule has 1 aliphatic carbocycles. The van der Waals surface area contributed by atoms with E-state index in [1.807, 2.05) is 0 Å². The van der Waals surface area contributed by atoms with E-state index in [4.69, 9.17) is 10.7 Å². The maximum Gasteiger partial charge on any atom is 0.0947 e. The van der Waals surface area contributed by atoms with E-state index in [2.05, 4.69) is 40.0 Å². The Labute approximate surface area is 121 Å². The summed E-state index contributed by atoms with van der Waals surface area (Å²) in [7, 11) is 0. The van der Waals surface area contributed by atoms with Crippen LogP contribution in [0.1, 0.15) is 71.0 Å². The molecule has 2 rings (SSSR count). The first kappa shape index (κ1) is 15.0. The molecule has 1 saturated carbocycles. The molecule has 108 valence electrons. The molecule has 1 aliphatic rings. The molecule has 2 nitrogen and oxygen atoms in total. The standard InChI is InChI=1S/C16H28N2S/c1-14(2,3)12-11-19-13(18-12)10-16(17)9-7-6-8-15(16,4)5/h11H,6-10,17H2,1-5H3. The molecule has 1 aromatic rings. The molecule has 1 fully saturated rings. The fourth-order valence-electron chi connectivity index (χ4n) is 2.93. The molecule has 3 heteroatoms. The van der Waals surface area contributed by atoms with Crippen molar-refractivity contribution in [2.45, 2.75) is 77.7 Å². The minimum Gasteiger partial charge on any atom is -0.324 e. The van der Waals surface area contributed by atoms with Gasteiger partial charge in [-0.05, 0) is 18.3 Å². The lowest BCUT2D eigenvalue weighted by molar-refractivity contribution is 0.0989. The summed E-state index contributed by atoms with van der Waals surface area (Å²) in [6.45, 7) is 11.3. The molecular formula is C16H28N2S. The maximum atomic E-state index is 6.75. The van der Waals surface area contributed by atoms with Gasteiger partial charge in [-0.2, -0.15) is 0 Å². The SMILES string of the molecule is CC(C)(C)c1csc(CC2(N)CCCCC2(C)C)n1. The Morgan fingerprint density at radius 2 is 1.89 bits per heavy atom. The second-order valence-electron chi connectivity index (χ2n) is 7.80. The molecule has 1 atom stereocenters. The second kappa shape index (κ2) is 4.85. The van der Waals surface area contributed by atoms with E-state index >= 15 is 0 Å². The van der Waals surface area contributed by atoms with E-state index in [-0.39, 0.29) is 16.4 Å². The lowest BCUT2D eigenvalue weighted by Crippen LogP contribution is -2.56. The van der Waals surface area contributed by atoms with Crippen molar-refractivity contribution < 1.29 is 0 Å². The van der Waals surface area contributed by atoms with Crippen molar-refractivity contribution in [3.05, 3.63) is 16.1 Å². The summed E-state index contributed by atoms with van der Waals surface area (Å²) < 4.78 is 0. The van der Waals surface area contributed by atoms with Gasteiger partial charge in [0, 0.05) is 22.8 Å². The monoisotopic (exact) mass is 280 g/mol. The first-order chi connectivity index (χ1) is 8.64. The van der Waals surface area contributed by atoms with Crippen LogP contribution in [-0.4, -0.2) is 10.5 Å². The van der Waals surface area contributed by atoms with Crippen molar-refractivity contribution in [1.29, 1.82) is 0 Å². The van der Waals surface area contributed by atoms with Gasteiger partial charge in [-0.3, -0.25) is 0 Å². The van der Waals surface area contributed by atoms with Crippen LogP contribution in [0.25, 0.3) is 0 Å². The Hall–Kier alpha value is -0.410. The van der Waals surface area contributed by atoms with Crippen LogP contribution in [0.4, 0.5) is 0 Å². The number of nitrogens with zero attached hydrogens (tertiary/aromatic N) is 1. The summed E-state index contributed by atoms with van der Waals surface area (Å²) in [4.78, 5) is 4.82. The highest BCUT2D eigenvalue weighted by molar-refractivity contribution is 7.09. The first-order valence-electron chi connectivity index (χ1n) is 7.38. The van der Waals surface area contributed by atoms with Crippen molar-refractivity contribution in [3.8, 4) is 0 Å². The van der Waals surface area contributed by atoms with E-state index < -0.39 is 0 Å². The Morgan fingerprint density at radius 1 is 1.26 bits per heavy atom. The number of rotatable bonds is 2. The Morgan fingerprint density at radius 3 is 2.42 bits per heavy atom. The molecule has 0 amide bonds. The molecule has 0 radical (unpaired) electrons. The van der Waals surface area contributed by atoms with Crippen LogP contribution in [0.5, 0.6) is 0 Å². The smallest absolute Gasteiger partial charge is 0.0947 e. The highest BCUT2D eigenvalue weighted by Crippen LogP contribution is 2.44. The van der Waals surface area contributed by atoms with E-state index in [1.165, 1.54) is 30.0 Å². The lowest BCUT2D eigenvalue weighted by Gasteiger charge is -2.47. The van der Waals surface area contributed by atoms with Gasteiger partial charge in [-0.25, -0.2) is 4.98 Å². The van der Waals surface area contributed by atoms with Gasteiger partial charge in [0.05, 0.1) is 10.7 Å².